The van der Waals surface area contributed by atoms with Gasteiger partial charge in [-0.05, 0) is 55.7 Å². The minimum Gasteiger partial charge on any atom is -0.378 e. The predicted molar refractivity (Wildman–Crippen MR) is 100 cm³/mol. The fourth-order valence-corrected chi connectivity index (χ4v) is 4.89. The lowest BCUT2D eigenvalue weighted by molar-refractivity contribution is -0.152. The van der Waals surface area contributed by atoms with Gasteiger partial charge in [0.25, 0.3) is 0 Å². The molecule has 4 rings (SSSR count). The molecular formula is C20H29N5O. The summed E-state index contributed by atoms with van der Waals surface area (Å²) < 4.78 is 7.92. The van der Waals surface area contributed by atoms with Gasteiger partial charge in [0, 0.05) is 18.1 Å². The zero-order valence-corrected chi connectivity index (χ0v) is 15.8. The van der Waals surface area contributed by atoms with E-state index in [1.165, 1.54) is 32.1 Å². The van der Waals surface area contributed by atoms with E-state index in [2.05, 4.69) is 34.7 Å². The summed E-state index contributed by atoms with van der Waals surface area (Å²) in [6.07, 6.45) is 8.02. The monoisotopic (exact) mass is 355 g/mol. The SMILES string of the molecule is CCOC1CC(NC(C)c2nnnn2-c2ccccc2)C12CCCCC2. The molecule has 1 spiro atoms. The van der Waals surface area contributed by atoms with Crippen molar-refractivity contribution in [1.29, 1.82) is 0 Å². The first-order chi connectivity index (χ1) is 12.7. The molecule has 6 nitrogen and oxygen atoms in total. The van der Waals surface area contributed by atoms with Crippen molar-refractivity contribution in [2.75, 3.05) is 6.61 Å². The Kier molecular flexibility index (Phi) is 5.05. The Balaban J connectivity index is 1.50. The summed E-state index contributed by atoms with van der Waals surface area (Å²) in [7, 11) is 0. The topological polar surface area (TPSA) is 64.9 Å². The quantitative estimate of drug-likeness (QED) is 0.860. The molecule has 3 atom stereocenters. The maximum atomic E-state index is 6.08. The van der Waals surface area contributed by atoms with Crippen LogP contribution in [0, 0.1) is 5.41 Å². The normalized spacial score (nSPS) is 25.8. The van der Waals surface area contributed by atoms with Gasteiger partial charge >= 0.3 is 0 Å². The van der Waals surface area contributed by atoms with Crippen LogP contribution in [0.2, 0.25) is 0 Å². The molecule has 0 amide bonds. The van der Waals surface area contributed by atoms with Gasteiger partial charge < -0.3 is 10.1 Å². The number of benzene rings is 1. The van der Waals surface area contributed by atoms with Gasteiger partial charge in [0.15, 0.2) is 5.82 Å². The van der Waals surface area contributed by atoms with Crippen molar-refractivity contribution in [1.82, 2.24) is 25.5 Å². The number of tetrazole rings is 1. The summed E-state index contributed by atoms with van der Waals surface area (Å²) in [5.74, 6) is 0.863. The third kappa shape index (κ3) is 3.05. The van der Waals surface area contributed by atoms with Gasteiger partial charge in [-0.2, -0.15) is 4.68 Å². The molecule has 0 saturated heterocycles. The first kappa shape index (κ1) is 17.6. The molecule has 1 N–H and O–H groups in total. The number of hydrogen-bond donors (Lipinski definition) is 1. The van der Waals surface area contributed by atoms with Crippen LogP contribution in [0.25, 0.3) is 5.69 Å². The van der Waals surface area contributed by atoms with E-state index in [9.17, 15) is 0 Å². The lowest BCUT2D eigenvalue weighted by atomic mass is 9.55. The zero-order valence-electron chi connectivity index (χ0n) is 15.8. The van der Waals surface area contributed by atoms with Gasteiger partial charge in [-0.3, -0.25) is 0 Å². The van der Waals surface area contributed by atoms with Crippen molar-refractivity contribution in [2.45, 2.75) is 70.6 Å². The molecule has 0 aliphatic heterocycles. The largest absolute Gasteiger partial charge is 0.378 e. The molecule has 1 aromatic carbocycles. The molecular weight excluding hydrogens is 326 g/mol. The molecule has 2 aliphatic rings. The minimum absolute atomic E-state index is 0.0941. The number of rotatable bonds is 6. The molecule has 140 valence electrons. The van der Waals surface area contributed by atoms with Crippen LogP contribution in [-0.2, 0) is 4.74 Å². The fraction of sp³-hybridized carbons (Fsp3) is 0.650. The number of hydrogen-bond acceptors (Lipinski definition) is 5. The average molecular weight is 355 g/mol. The van der Waals surface area contributed by atoms with Crippen LogP contribution < -0.4 is 5.32 Å². The summed E-state index contributed by atoms with van der Waals surface area (Å²) in [6, 6.07) is 10.7. The van der Waals surface area contributed by atoms with E-state index in [1.54, 1.807) is 0 Å². The van der Waals surface area contributed by atoms with Crippen molar-refractivity contribution in [3.05, 3.63) is 36.2 Å². The molecule has 26 heavy (non-hydrogen) atoms. The molecule has 2 aliphatic carbocycles. The Morgan fingerprint density at radius 2 is 2.00 bits per heavy atom. The Bertz CT molecular complexity index is 710. The Morgan fingerprint density at radius 1 is 1.23 bits per heavy atom. The average Bonchev–Trinajstić information content (AvgIpc) is 3.18. The summed E-state index contributed by atoms with van der Waals surface area (Å²) in [5, 5.41) is 16.3. The number of nitrogens with one attached hydrogen (secondary N) is 1. The smallest absolute Gasteiger partial charge is 0.173 e. The molecule has 0 radical (unpaired) electrons. The van der Waals surface area contributed by atoms with Gasteiger partial charge in [0.05, 0.1) is 17.8 Å². The van der Waals surface area contributed by atoms with Crippen LogP contribution in [0.3, 0.4) is 0 Å². The molecule has 2 saturated carbocycles. The van der Waals surface area contributed by atoms with Crippen LogP contribution in [0.5, 0.6) is 0 Å². The Morgan fingerprint density at radius 3 is 2.73 bits per heavy atom. The van der Waals surface area contributed by atoms with Gasteiger partial charge in [-0.25, -0.2) is 0 Å². The van der Waals surface area contributed by atoms with E-state index < -0.39 is 0 Å². The minimum atomic E-state index is 0.0941. The van der Waals surface area contributed by atoms with Crippen LogP contribution >= 0.6 is 0 Å². The van der Waals surface area contributed by atoms with Crippen LogP contribution in [-0.4, -0.2) is 39.0 Å². The van der Waals surface area contributed by atoms with E-state index in [4.69, 9.17) is 4.74 Å². The first-order valence-corrected chi connectivity index (χ1v) is 9.96. The fourth-order valence-electron chi connectivity index (χ4n) is 4.89. The number of aromatic nitrogens is 4. The van der Waals surface area contributed by atoms with Gasteiger partial charge in [0.2, 0.25) is 0 Å². The second-order valence-corrected chi connectivity index (χ2v) is 7.70. The van der Waals surface area contributed by atoms with Crippen molar-refractivity contribution in [3.63, 3.8) is 0 Å². The number of ether oxygens (including phenoxy) is 1. The summed E-state index contributed by atoms with van der Waals surface area (Å²) >= 11 is 0. The molecule has 6 heteroatoms. The van der Waals surface area contributed by atoms with Gasteiger partial charge in [-0.15, -0.1) is 5.10 Å². The second kappa shape index (κ2) is 7.45. The Hall–Kier alpha value is -1.79. The number of para-hydroxylation sites is 1. The highest BCUT2D eigenvalue weighted by Crippen LogP contribution is 2.53. The number of nitrogens with zero attached hydrogens (tertiary/aromatic N) is 4. The lowest BCUT2D eigenvalue weighted by Crippen LogP contribution is -2.64. The molecule has 3 unspecified atom stereocenters. The van der Waals surface area contributed by atoms with E-state index in [0.29, 0.717) is 17.6 Å². The molecule has 2 fully saturated rings. The highest BCUT2D eigenvalue weighted by molar-refractivity contribution is 5.31. The van der Waals surface area contributed by atoms with E-state index in [1.807, 2.05) is 35.0 Å². The van der Waals surface area contributed by atoms with Gasteiger partial charge in [-0.1, -0.05) is 37.5 Å². The molecule has 0 bridgehead atoms. The van der Waals surface area contributed by atoms with Crippen LogP contribution in [0.4, 0.5) is 0 Å². The summed E-state index contributed by atoms with van der Waals surface area (Å²) in [4.78, 5) is 0. The third-order valence-corrected chi connectivity index (χ3v) is 6.27. The molecule has 1 aromatic heterocycles. The standard InChI is InChI=1S/C20H29N5O/c1-3-26-18-14-17(20(18)12-8-5-9-13-20)21-15(2)19-22-23-24-25(19)16-10-6-4-7-11-16/h4,6-7,10-11,15,17-18,21H,3,5,8-9,12-14H2,1-2H3. The molecule has 1 heterocycles. The van der Waals surface area contributed by atoms with Crippen molar-refractivity contribution in [2.24, 2.45) is 5.41 Å². The summed E-state index contributed by atoms with van der Waals surface area (Å²) in [6.45, 7) is 5.07. The predicted octanol–water partition coefficient (Wildman–Crippen LogP) is 3.44. The summed E-state index contributed by atoms with van der Waals surface area (Å²) in [5.41, 5.74) is 1.29. The molecule has 2 aromatic rings. The first-order valence-electron chi connectivity index (χ1n) is 9.96. The third-order valence-electron chi connectivity index (χ3n) is 6.27. The Labute approximate surface area is 155 Å². The van der Waals surface area contributed by atoms with Crippen LogP contribution in [0.15, 0.2) is 30.3 Å². The van der Waals surface area contributed by atoms with E-state index >= 15 is 0 Å². The van der Waals surface area contributed by atoms with Gasteiger partial charge in [0.1, 0.15) is 0 Å². The van der Waals surface area contributed by atoms with Crippen molar-refractivity contribution in [3.8, 4) is 5.69 Å². The lowest BCUT2D eigenvalue weighted by Gasteiger charge is -2.58. The maximum absolute atomic E-state index is 6.08. The zero-order chi connectivity index (χ0) is 18.0. The van der Waals surface area contributed by atoms with Crippen molar-refractivity contribution >= 4 is 0 Å². The van der Waals surface area contributed by atoms with E-state index in [-0.39, 0.29) is 6.04 Å². The highest BCUT2D eigenvalue weighted by Gasteiger charge is 2.55. The van der Waals surface area contributed by atoms with E-state index in [0.717, 1.165) is 24.5 Å². The highest BCUT2D eigenvalue weighted by atomic mass is 16.5. The van der Waals surface area contributed by atoms with Crippen LogP contribution in [0.1, 0.15) is 64.2 Å². The maximum Gasteiger partial charge on any atom is 0.173 e. The second-order valence-electron chi connectivity index (χ2n) is 7.70. The van der Waals surface area contributed by atoms with Crippen molar-refractivity contribution < 1.29 is 4.74 Å².